The van der Waals surface area contributed by atoms with Crippen molar-refractivity contribution >= 4 is 27.6 Å². The van der Waals surface area contributed by atoms with E-state index in [1.54, 1.807) is 0 Å². The summed E-state index contributed by atoms with van der Waals surface area (Å²) in [6, 6.07) is 2.71. The average Bonchev–Trinajstić information content (AvgIpc) is 2.46. The summed E-state index contributed by atoms with van der Waals surface area (Å²) in [7, 11) is -4.55. The highest BCUT2D eigenvalue weighted by Gasteiger charge is 2.42. The molecular formula is C13H13ClF3NO4S. The van der Waals surface area contributed by atoms with Gasteiger partial charge >= 0.3 is 12.1 Å². The van der Waals surface area contributed by atoms with Crippen molar-refractivity contribution in [2.45, 2.75) is 23.9 Å². The molecule has 23 heavy (non-hydrogen) atoms. The molecule has 2 rings (SSSR count). The van der Waals surface area contributed by atoms with Crippen molar-refractivity contribution in [2.75, 3.05) is 13.1 Å². The van der Waals surface area contributed by atoms with Gasteiger partial charge in [-0.1, -0.05) is 17.7 Å². The van der Waals surface area contributed by atoms with Crippen LogP contribution in [-0.4, -0.2) is 36.9 Å². The first-order chi connectivity index (χ1) is 10.5. The van der Waals surface area contributed by atoms with Gasteiger partial charge in [-0.2, -0.15) is 17.5 Å². The Labute approximate surface area is 135 Å². The minimum absolute atomic E-state index is 0.0470. The third-order valence-electron chi connectivity index (χ3n) is 3.60. The number of piperidine rings is 1. The quantitative estimate of drug-likeness (QED) is 0.886. The van der Waals surface area contributed by atoms with Gasteiger partial charge in [0.1, 0.15) is 4.90 Å². The number of sulfonamides is 1. The summed E-state index contributed by atoms with van der Waals surface area (Å²) in [4.78, 5) is 10.0. The molecule has 128 valence electrons. The van der Waals surface area contributed by atoms with E-state index in [9.17, 15) is 26.4 Å². The zero-order valence-electron chi connectivity index (χ0n) is 11.7. The van der Waals surface area contributed by atoms with Crippen LogP contribution < -0.4 is 0 Å². The fourth-order valence-corrected chi connectivity index (χ4v) is 4.73. The molecule has 1 aromatic carbocycles. The second kappa shape index (κ2) is 6.29. The summed E-state index contributed by atoms with van der Waals surface area (Å²) >= 11 is 5.72. The van der Waals surface area contributed by atoms with E-state index in [0.717, 1.165) is 16.4 Å². The van der Waals surface area contributed by atoms with Crippen molar-refractivity contribution < 1.29 is 31.5 Å². The van der Waals surface area contributed by atoms with E-state index in [1.807, 2.05) is 0 Å². The van der Waals surface area contributed by atoms with E-state index in [-0.39, 0.29) is 25.9 Å². The molecule has 1 saturated heterocycles. The van der Waals surface area contributed by atoms with Crippen LogP contribution in [0.25, 0.3) is 0 Å². The lowest BCUT2D eigenvalue weighted by molar-refractivity contribution is -0.143. The molecule has 1 fully saturated rings. The fraction of sp³-hybridized carbons (Fsp3) is 0.462. The molecule has 0 aromatic heterocycles. The average molecular weight is 372 g/mol. The van der Waals surface area contributed by atoms with Crippen LogP contribution in [0.1, 0.15) is 18.4 Å². The van der Waals surface area contributed by atoms with Crippen molar-refractivity contribution in [3.63, 3.8) is 0 Å². The van der Waals surface area contributed by atoms with Crippen LogP contribution in [-0.2, 0) is 21.0 Å². The Kier molecular flexibility index (Phi) is 4.93. The number of alkyl halides is 3. The standard InChI is InChI=1S/C13H13ClF3NO4S/c14-10-5-1-4-9(13(15,16)17)11(10)23(21,22)18-6-2-3-8(7-18)12(19)20/h1,4-5,8H,2-3,6-7H2,(H,19,20)/t8-/m0/s1. The Morgan fingerprint density at radius 3 is 2.57 bits per heavy atom. The van der Waals surface area contributed by atoms with Crippen LogP contribution in [0.5, 0.6) is 0 Å². The van der Waals surface area contributed by atoms with Crippen LogP contribution >= 0.6 is 11.6 Å². The lowest BCUT2D eigenvalue weighted by Crippen LogP contribution is -2.42. The SMILES string of the molecule is O=C(O)[C@H]1CCCN(S(=O)(=O)c2c(Cl)cccc2C(F)(F)F)C1. The van der Waals surface area contributed by atoms with E-state index in [1.165, 1.54) is 0 Å². The number of rotatable bonds is 3. The van der Waals surface area contributed by atoms with E-state index in [0.29, 0.717) is 6.07 Å². The summed E-state index contributed by atoms with van der Waals surface area (Å²) < 4.78 is 65.2. The number of carboxylic acids is 1. The van der Waals surface area contributed by atoms with Gasteiger partial charge in [0.2, 0.25) is 10.0 Å². The molecule has 1 aromatic rings. The number of hydrogen-bond acceptors (Lipinski definition) is 3. The van der Waals surface area contributed by atoms with E-state index >= 15 is 0 Å². The van der Waals surface area contributed by atoms with Crippen molar-refractivity contribution in [2.24, 2.45) is 5.92 Å². The highest BCUT2D eigenvalue weighted by molar-refractivity contribution is 7.89. The van der Waals surface area contributed by atoms with E-state index < -0.39 is 43.6 Å². The minimum atomic E-state index is -4.89. The Morgan fingerprint density at radius 2 is 2.00 bits per heavy atom. The lowest BCUT2D eigenvalue weighted by Gasteiger charge is -2.30. The fourth-order valence-electron chi connectivity index (χ4n) is 2.49. The van der Waals surface area contributed by atoms with E-state index in [2.05, 4.69) is 0 Å². The molecule has 10 heteroatoms. The Morgan fingerprint density at radius 1 is 1.35 bits per heavy atom. The highest BCUT2D eigenvalue weighted by Crippen LogP contribution is 2.39. The molecular weight excluding hydrogens is 359 g/mol. The molecule has 0 unspecified atom stereocenters. The van der Waals surface area contributed by atoms with Crippen molar-refractivity contribution in [3.05, 3.63) is 28.8 Å². The van der Waals surface area contributed by atoms with Crippen LogP contribution in [0.3, 0.4) is 0 Å². The predicted molar refractivity (Wildman–Crippen MR) is 75.6 cm³/mol. The first-order valence-corrected chi connectivity index (χ1v) is 8.45. The molecule has 0 amide bonds. The van der Waals surface area contributed by atoms with Crippen LogP contribution in [0.4, 0.5) is 13.2 Å². The Hall–Kier alpha value is -1.32. The third kappa shape index (κ3) is 3.61. The Balaban J connectivity index is 2.50. The summed E-state index contributed by atoms with van der Waals surface area (Å²) in [6.07, 6.45) is -4.37. The molecule has 0 aliphatic carbocycles. The molecule has 0 saturated carbocycles. The summed E-state index contributed by atoms with van der Waals surface area (Å²) in [6.45, 7) is -0.422. The number of aliphatic carboxylic acids is 1. The van der Waals surface area contributed by atoms with Crippen LogP contribution in [0.2, 0.25) is 5.02 Å². The number of halogens is 4. The third-order valence-corrected chi connectivity index (χ3v) is 6.00. The highest BCUT2D eigenvalue weighted by atomic mass is 35.5. The van der Waals surface area contributed by atoms with E-state index in [4.69, 9.17) is 16.7 Å². The second-order valence-corrected chi connectivity index (χ2v) is 7.44. The minimum Gasteiger partial charge on any atom is -0.481 e. The maximum absolute atomic E-state index is 13.1. The van der Waals surface area contributed by atoms with Crippen molar-refractivity contribution in [1.82, 2.24) is 4.31 Å². The second-order valence-electron chi connectivity index (χ2n) is 5.15. The van der Waals surface area contributed by atoms with Crippen molar-refractivity contribution in [3.8, 4) is 0 Å². The summed E-state index contributed by atoms with van der Waals surface area (Å²) in [5.74, 6) is -2.13. The monoisotopic (exact) mass is 371 g/mol. The van der Waals surface area contributed by atoms with Gasteiger partial charge in [0, 0.05) is 13.1 Å². The van der Waals surface area contributed by atoms with Gasteiger partial charge in [0.05, 0.1) is 16.5 Å². The largest absolute Gasteiger partial charge is 0.481 e. The molecule has 1 atom stereocenters. The predicted octanol–water partition coefficient (Wildman–Crippen LogP) is 2.84. The molecule has 5 nitrogen and oxygen atoms in total. The van der Waals surface area contributed by atoms with Crippen LogP contribution in [0, 0.1) is 5.92 Å². The summed E-state index contributed by atoms with van der Waals surface area (Å²) in [5, 5.41) is 8.46. The zero-order valence-corrected chi connectivity index (χ0v) is 13.2. The van der Waals surface area contributed by atoms with Gasteiger partial charge in [-0.25, -0.2) is 8.42 Å². The molecule has 1 N–H and O–H groups in total. The molecule has 0 spiro atoms. The van der Waals surface area contributed by atoms with Gasteiger partial charge in [0.25, 0.3) is 0 Å². The molecule has 1 heterocycles. The smallest absolute Gasteiger partial charge is 0.417 e. The molecule has 0 bridgehead atoms. The maximum Gasteiger partial charge on any atom is 0.417 e. The van der Waals surface area contributed by atoms with Gasteiger partial charge in [-0.05, 0) is 25.0 Å². The van der Waals surface area contributed by atoms with Crippen LogP contribution in [0.15, 0.2) is 23.1 Å². The Bertz CT molecular complexity index is 720. The summed E-state index contributed by atoms with van der Waals surface area (Å²) in [5.41, 5.74) is -1.36. The van der Waals surface area contributed by atoms with Gasteiger partial charge < -0.3 is 5.11 Å². The zero-order chi connectivity index (χ0) is 17.4. The first-order valence-electron chi connectivity index (χ1n) is 6.64. The number of hydrogen-bond donors (Lipinski definition) is 1. The maximum atomic E-state index is 13.1. The lowest BCUT2D eigenvalue weighted by atomic mass is 10.0. The number of benzene rings is 1. The van der Waals surface area contributed by atoms with Crippen molar-refractivity contribution in [1.29, 1.82) is 0 Å². The first kappa shape index (κ1) is 18.0. The molecule has 1 aliphatic rings. The van der Waals surface area contributed by atoms with Gasteiger partial charge in [-0.3, -0.25) is 4.79 Å². The molecule has 0 radical (unpaired) electrons. The van der Waals surface area contributed by atoms with Gasteiger partial charge in [0.15, 0.2) is 0 Å². The number of carboxylic acid groups (broad SMARTS) is 1. The number of nitrogens with zero attached hydrogens (tertiary/aromatic N) is 1. The normalized spacial score (nSPS) is 20.4. The molecule has 1 aliphatic heterocycles. The number of carbonyl (C=O) groups is 1. The van der Waals surface area contributed by atoms with Gasteiger partial charge in [-0.15, -0.1) is 0 Å². The topological polar surface area (TPSA) is 74.7 Å².